The van der Waals surface area contributed by atoms with Gasteiger partial charge in [-0.3, -0.25) is 14.4 Å². The number of amides is 3. The topological polar surface area (TPSA) is 100 Å². The van der Waals surface area contributed by atoms with Gasteiger partial charge in [-0.15, -0.1) is 10.2 Å². The van der Waals surface area contributed by atoms with E-state index in [-0.39, 0.29) is 28.6 Å². The molecular formula is C20H25ClN6O3. The number of hydrogen-bond donors (Lipinski definition) is 1. The molecule has 0 fully saturated rings. The molecule has 1 aliphatic heterocycles. The molecule has 1 unspecified atom stereocenters. The van der Waals surface area contributed by atoms with Crippen LogP contribution < -0.4 is 5.32 Å². The quantitative estimate of drug-likeness (QED) is 0.747. The number of nitrogens with zero attached hydrogens (tertiary/aromatic N) is 5. The van der Waals surface area contributed by atoms with Crippen molar-refractivity contribution in [2.24, 2.45) is 0 Å². The monoisotopic (exact) mass is 432 g/mol. The molecule has 10 heteroatoms. The molecule has 3 rings (SSSR count). The van der Waals surface area contributed by atoms with Crippen molar-refractivity contribution in [2.45, 2.75) is 46.3 Å². The molecule has 2 heterocycles. The van der Waals surface area contributed by atoms with Crippen LogP contribution in [0.15, 0.2) is 24.5 Å². The molecule has 9 nitrogen and oxygen atoms in total. The van der Waals surface area contributed by atoms with Crippen LogP contribution in [-0.4, -0.2) is 61.4 Å². The molecule has 1 aromatic carbocycles. The van der Waals surface area contributed by atoms with Crippen LogP contribution in [0, 0.1) is 0 Å². The Bertz CT molecular complexity index is 973. The number of aromatic nitrogens is 3. The minimum atomic E-state index is -0.785. The summed E-state index contributed by atoms with van der Waals surface area (Å²) in [5.74, 6) is -1.05. The van der Waals surface area contributed by atoms with E-state index >= 15 is 0 Å². The molecule has 0 radical (unpaired) electrons. The predicted molar refractivity (Wildman–Crippen MR) is 112 cm³/mol. The Hall–Kier alpha value is -2.94. The second kappa shape index (κ2) is 8.83. The Morgan fingerprint density at radius 1 is 1.30 bits per heavy atom. The van der Waals surface area contributed by atoms with Gasteiger partial charge in [0.15, 0.2) is 5.82 Å². The van der Waals surface area contributed by atoms with Gasteiger partial charge in [-0.1, -0.05) is 11.6 Å². The SMILES string of the molecule is CCN(C(=O)c1cc(NC(=O)C(=O)N2CCn3cnnc3C2C)ccc1Cl)C(C)C. The van der Waals surface area contributed by atoms with E-state index < -0.39 is 11.8 Å². The molecule has 0 saturated carbocycles. The van der Waals surface area contributed by atoms with E-state index in [1.807, 2.05) is 25.3 Å². The van der Waals surface area contributed by atoms with Gasteiger partial charge in [0.1, 0.15) is 6.33 Å². The molecule has 1 atom stereocenters. The summed E-state index contributed by atoms with van der Waals surface area (Å²) in [6.45, 7) is 8.95. The summed E-state index contributed by atoms with van der Waals surface area (Å²) in [5.41, 5.74) is 0.602. The largest absolute Gasteiger partial charge is 0.336 e. The summed E-state index contributed by atoms with van der Waals surface area (Å²) in [7, 11) is 0. The highest BCUT2D eigenvalue weighted by atomic mass is 35.5. The molecule has 3 amide bonds. The Kier molecular flexibility index (Phi) is 6.40. The van der Waals surface area contributed by atoms with Gasteiger partial charge in [0.25, 0.3) is 5.91 Å². The van der Waals surface area contributed by atoms with Crippen LogP contribution in [-0.2, 0) is 16.1 Å². The average molecular weight is 433 g/mol. The maximum atomic E-state index is 12.8. The minimum Gasteiger partial charge on any atom is -0.336 e. The third kappa shape index (κ3) is 4.16. The Morgan fingerprint density at radius 2 is 2.03 bits per heavy atom. The first-order chi connectivity index (χ1) is 14.2. The van der Waals surface area contributed by atoms with Crippen molar-refractivity contribution in [1.82, 2.24) is 24.6 Å². The van der Waals surface area contributed by atoms with Gasteiger partial charge in [-0.25, -0.2) is 0 Å². The fraction of sp³-hybridized carbons (Fsp3) is 0.450. The zero-order valence-corrected chi connectivity index (χ0v) is 18.2. The number of nitrogens with one attached hydrogen (secondary N) is 1. The van der Waals surface area contributed by atoms with E-state index in [1.165, 1.54) is 17.0 Å². The van der Waals surface area contributed by atoms with Crippen molar-refractivity contribution in [1.29, 1.82) is 0 Å². The standard InChI is InChI=1S/C20H25ClN6O3/c1-5-26(12(2)3)19(29)15-10-14(6-7-16(15)21)23-18(28)20(30)27-9-8-25-11-22-24-17(25)13(27)4/h6-7,10-13H,5,8-9H2,1-4H3,(H,23,28). The number of benzene rings is 1. The molecule has 0 bridgehead atoms. The number of rotatable bonds is 4. The lowest BCUT2D eigenvalue weighted by atomic mass is 10.1. The van der Waals surface area contributed by atoms with E-state index in [0.29, 0.717) is 31.1 Å². The first-order valence-corrected chi connectivity index (χ1v) is 10.2. The van der Waals surface area contributed by atoms with Crippen LogP contribution in [0.5, 0.6) is 0 Å². The van der Waals surface area contributed by atoms with Crippen LogP contribution in [0.3, 0.4) is 0 Å². The van der Waals surface area contributed by atoms with E-state index in [1.54, 1.807) is 24.2 Å². The molecule has 1 aliphatic rings. The zero-order chi connectivity index (χ0) is 22.0. The van der Waals surface area contributed by atoms with Crippen molar-refractivity contribution >= 4 is 35.0 Å². The predicted octanol–water partition coefficient (Wildman–Crippen LogP) is 2.34. The lowest BCUT2D eigenvalue weighted by Crippen LogP contribution is -2.46. The fourth-order valence-electron chi connectivity index (χ4n) is 3.57. The lowest BCUT2D eigenvalue weighted by molar-refractivity contribution is -0.145. The maximum absolute atomic E-state index is 12.8. The third-order valence-electron chi connectivity index (χ3n) is 5.20. The van der Waals surface area contributed by atoms with Crippen molar-refractivity contribution in [3.05, 3.63) is 40.9 Å². The second-order valence-corrected chi connectivity index (χ2v) is 7.80. The van der Waals surface area contributed by atoms with Gasteiger partial charge in [0, 0.05) is 31.4 Å². The number of anilines is 1. The van der Waals surface area contributed by atoms with Crippen molar-refractivity contribution in [2.75, 3.05) is 18.4 Å². The van der Waals surface area contributed by atoms with Crippen LogP contribution in [0.2, 0.25) is 5.02 Å². The molecule has 0 spiro atoms. The van der Waals surface area contributed by atoms with Crippen molar-refractivity contribution in [3.8, 4) is 0 Å². The summed E-state index contributed by atoms with van der Waals surface area (Å²) in [6, 6.07) is 4.23. The number of fused-ring (bicyclic) bond motifs is 1. The summed E-state index contributed by atoms with van der Waals surface area (Å²) in [6.07, 6.45) is 1.61. The highest BCUT2D eigenvalue weighted by Crippen LogP contribution is 2.25. The minimum absolute atomic E-state index is 0.000951. The molecule has 1 aromatic heterocycles. The zero-order valence-electron chi connectivity index (χ0n) is 17.4. The maximum Gasteiger partial charge on any atom is 0.313 e. The number of carbonyl (C=O) groups is 3. The van der Waals surface area contributed by atoms with E-state index in [9.17, 15) is 14.4 Å². The first kappa shape index (κ1) is 21.8. The first-order valence-electron chi connectivity index (χ1n) is 9.84. The highest BCUT2D eigenvalue weighted by molar-refractivity contribution is 6.40. The van der Waals surface area contributed by atoms with Crippen LogP contribution in [0.4, 0.5) is 5.69 Å². The van der Waals surface area contributed by atoms with Gasteiger partial charge >= 0.3 is 11.8 Å². The van der Waals surface area contributed by atoms with Crippen LogP contribution in [0.25, 0.3) is 0 Å². The summed E-state index contributed by atoms with van der Waals surface area (Å²) >= 11 is 6.22. The second-order valence-electron chi connectivity index (χ2n) is 7.39. The normalized spacial score (nSPS) is 15.7. The summed E-state index contributed by atoms with van der Waals surface area (Å²) < 4.78 is 1.86. The average Bonchev–Trinajstić information content (AvgIpc) is 3.19. The molecular weight excluding hydrogens is 408 g/mol. The van der Waals surface area contributed by atoms with Gasteiger partial charge in [-0.05, 0) is 45.9 Å². The Balaban J connectivity index is 1.76. The molecule has 160 valence electrons. The number of carbonyl (C=O) groups excluding carboxylic acids is 3. The molecule has 30 heavy (non-hydrogen) atoms. The summed E-state index contributed by atoms with van der Waals surface area (Å²) in [4.78, 5) is 41.3. The van der Waals surface area contributed by atoms with E-state index in [0.717, 1.165) is 0 Å². The van der Waals surface area contributed by atoms with Gasteiger partial charge in [0.05, 0.1) is 16.6 Å². The van der Waals surface area contributed by atoms with Gasteiger partial charge in [-0.2, -0.15) is 0 Å². The van der Waals surface area contributed by atoms with Crippen LogP contribution >= 0.6 is 11.6 Å². The smallest absolute Gasteiger partial charge is 0.313 e. The molecule has 0 saturated heterocycles. The van der Waals surface area contributed by atoms with Crippen LogP contribution in [0.1, 0.15) is 49.9 Å². The third-order valence-corrected chi connectivity index (χ3v) is 5.53. The number of halogens is 1. The molecule has 2 aromatic rings. The number of hydrogen-bond acceptors (Lipinski definition) is 5. The van der Waals surface area contributed by atoms with Crippen molar-refractivity contribution < 1.29 is 14.4 Å². The summed E-state index contributed by atoms with van der Waals surface area (Å²) in [5, 5.41) is 10.7. The Labute approximate surface area is 180 Å². The van der Waals surface area contributed by atoms with Gasteiger partial charge < -0.3 is 19.7 Å². The Morgan fingerprint density at radius 3 is 2.70 bits per heavy atom. The van der Waals surface area contributed by atoms with Crippen molar-refractivity contribution in [3.63, 3.8) is 0 Å². The lowest BCUT2D eigenvalue weighted by Gasteiger charge is -2.32. The highest BCUT2D eigenvalue weighted by Gasteiger charge is 2.33. The molecule has 0 aliphatic carbocycles. The van der Waals surface area contributed by atoms with Gasteiger partial charge in [0.2, 0.25) is 0 Å². The fourth-order valence-corrected chi connectivity index (χ4v) is 3.76. The molecule has 1 N–H and O–H groups in total. The van der Waals surface area contributed by atoms with E-state index in [4.69, 9.17) is 11.6 Å². The van der Waals surface area contributed by atoms with E-state index in [2.05, 4.69) is 15.5 Å².